The van der Waals surface area contributed by atoms with Crippen LogP contribution in [0.25, 0.3) is 20.8 Å². The number of benzene rings is 1. The van der Waals surface area contributed by atoms with Crippen molar-refractivity contribution in [1.82, 2.24) is 30.4 Å². The van der Waals surface area contributed by atoms with Crippen LogP contribution in [0.3, 0.4) is 0 Å². The van der Waals surface area contributed by atoms with Crippen molar-refractivity contribution in [2.24, 2.45) is 5.92 Å². The van der Waals surface area contributed by atoms with Gasteiger partial charge in [-0.25, -0.2) is 9.18 Å². The molecule has 1 aliphatic carbocycles. The first-order chi connectivity index (χ1) is 21.8. The van der Waals surface area contributed by atoms with E-state index in [0.717, 1.165) is 78.2 Å². The van der Waals surface area contributed by atoms with Crippen molar-refractivity contribution in [3.63, 3.8) is 0 Å². The number of carbonyl (C=O) groups excluding carboxylic acids is 2. The van der Waals surface area contributed by atoms with Crippen LogP contribution >= 0.6 is 11.3 Å². The molecule has 1 saturated carbocycles. The summed E-state index contributed by atoms with van der Waals surface area (Å²) in [6, 6.07) is 12.0. The van der Waals surface area contributed by atoms with Gasteiger partial charge in [0, 0.05) is 62.4 Å². The van der Waals surface area contributed by atoms with Gasteiger partial charge in [-0.15, -0.1) is 11.3 Å². The Labute approximate surface area is 266 Å². The minimum atomic E-state index is -0.580. The van der Waals surface area contributed by atoms with E-state index in [1.54, 1.807) is 18.3 Å². The molecule has 0 bridgehead atoms. The van der Waals surface area contributed by atoms with Crippen LogP contribution in [0.1, 0.15) is 31.2 Å². The Hall–Kier alpha value is -4.13. The number of ether oxygens (including phenoxy) is 1. The highest BCUT2D eigenvalue weighted by Crippen LogP contribution is 2.39. The summed E-state index contributed by atoms with van der Waals surface area (Å²) in [7, 11) is 4.00. The van der Waals surface area contributed by atoms with Gasteiger partial charge in [0.25, 0.3) is 0 Å². The quantitative estimate of drug-likeness (QED) is 0.202. The van der Waals surface area contributed by atoms with Gasteiger partial charge in [-0.1, -0.05) is 6.07 Å². The fraction of sp³-hybridized carbons (Fsp3) is 0.394. The van der Waals surface area contributed by atoms with Gasteiger partial charge >= 0.3 is 6.03 Å². The Kier molecular flexibility index (Phi) is 9.53. The highest BCUT2D eigenvalue weighted by atomic mass is 32.1. The number of fused-ring (bicyclic) bond motifs is 1. The molecule has 0 spiro atoms. The van der Waals surface area contributed by atoms with Crippen LogP contribution in [0.2, 0.25) is 0 Å². The number of carbonyl (C=O) groups is 2. The van der Waals surface area contributed by atoms with Crippen LogP contribution in [-0.4, -0.2) is 78.0 Å². The zero-order valence-corrected chi connectivity index (χ0v) is 26.3. The Morgan fingerprint density at radius 2 is 1.96 bits per heavy atom. The topological polar surface area (TPSA) is 112 Å². The molecule has 3 aromatic heterocycles. The van der Waals surface area contributed by atoms with Crippen LogP contribution in [-0.2, 0) is 11.3 Å². The second kappa shape index (κ2) is 13.9. The fourth-order valence-corrected chi connectivity index (χ4v) is 6.41. The summed E-state index contributed by atoms with van der Waals surface area (Å²) in [4.78, 5) is 39.2. The van der Waals surface area contributed by atoms with Crippen LogP contribution in [0.5, 0.6) is 11.5 Å². The average Bonchev–Trinajstić information content (AvgIpc) is 3.72. The minimum absolute atomic E-state index is 0.0112. The molecule has 12 heteroatoms. The van der Waals surface area contributed by atoms with Gasteiger partial charge in [-0.2, -0.15) is 0 Å². The van der Waals surface area contributed by atoms with Crippen molar-refractivity contribution in [3.8, 4) is 22.1 Å². The Balaban J connectivity index is 1.08. The molecule has 4 heterocycles. The van der Waals surface area contributed by atoms with E-state index in [1.807, 2.05) is 32.4 Å². The molecular formula is C33H38FN7O3S. The van der Waals surface area contributed by atoms with Crippen molar-refractivity contribution in [2.45, 2.75) is 38.3 Å². The van der Waals surface area contributed by atoms with Gasteiger partial charge < -0.3 is 25.6 Å². The van der Waals surface area contributed by atoms with E-state index in [0.29, 0.717) is 18.0 Å². The summed E-state index contributed by atoms with van der Waals surface area (Å²) in [5, 5.41) is 8.55. The first kappa shape index (κ1) is 30.9. The monoisotopic (exact) mass is 631 g/mol. The largest absolute Gasteiger partial charge is 0.453 e. The third kappa shape index (κ3) is 8.13. The average molecular weight is 632 g/mol. The molecule has 0 unspecified atom stereocenters. The second-order valence-corrected chi connectivity index (χ2v) is 13.0. The number of nitrogens with zero attached hydrogens (tertiary/aromatic N) is 4. The van der Waals surface area contributed by atoms with Crippen molar-refractivity contribution >= 4 is 39.2 Å². The molecule has 10 nitrogen and oxygen atoms in total. The number of pyridine rings is 2. The van der Waals surface area contributed by atoms with Gasteiger partial charge in [-0.05, 0) is 76.2 Å². The number of anilines is 1. The Bertz CT molecular complexity index is 1660. The predicted octanol–water partition coefficient (Wildman–Crippen LogP) is 5.46. The van der Waals surface area contributed by atoms with Gasteiger partial charge in [0.1, 0.15) is 5.75 Å². The van der Waals surface area contributed by atoms with Gasteiger partial charge in [0.2, 0.25) is 5.91 Å². The summed E-state index contributed by atoms with van der Waals surface area (Å²) in [5.74, 6) is 0.116. The van der Waals surface area contributed by atoms with Crippen LogP contribution in [0, 0.1) is 11.7 Å². The summed E-state index contributed by atoms with van der Waals surface area (Å²) in [6.07, 6.45) is 7.39. The maximum atomic E-state index is 14.9. The number of hydrogen-bond acceptors (Lipinski definition) is 8. The number of urea groups is 1. The molecule has 2 fully saturated rings. The van der Waals surface area contributed by atoms with E-state index in [4.69, 9.17) is 9.72 Å². The molecule has 1 aromatic carbocycles. The Morgan fingerprint density at radius 3 is 2.71 bits per heavy atom. The fourth-order valence-electron chi connectivity index (χ4n) is 5.36. The zero-order chi connectivity index (χ0) is 31.3. The summed E-state index contributed by atoms with van der Waals surface area (Å²) in [6.45, 7) is 3.94. The number of rotatable bonds is 11. The van der Waals surface area contributed by atoms with Crippen molar-refractivity contribution in [1.29, 1.82) is 0 Å². The number of piperidine rings is 1. The zero-order valence-electron chi connectivity index (χ0n) is 25.5. The van der Waals surface area contributed by atoms with Gasteiger partial charge in [-0.3, -0.25) is 19.7 Å². The summed E-state index contributed by atoms with van der Waals surface area (Å²) in [5.41, 5.74) is 2.99. The smallest absolute Gasteiger partial charge is 0.319 e. The van der Waals surface area contributed by atoms with Crippen molar-refractivity contribution < 1.29 is 18.7 Å². The number of thiophene rings is 1. The highest BCUT2D eigenvalue weighted by Gasteiger charge is 2.26. The number of nitrogens with one attached hydrogen (secondary N) is 3. The molecule has 2 aliphatic rings. The predicted molar refractivity (Wildman–Crippen MR) is 174 cm³/mol. The highest BCUT2D eigenvalue weighted by molar-refractivity contribution is 7.22. The molecule has 4 aromatic rings. The number of halogens is 1. The second-order valence-electron chi connectivity index (χ2n) is 12.0. The molecule has 1 atom stereocenters. The minimum Gasteiger partial charge on any atom is -0.453 e. The Morgan fingerprint density at radius 1 is 1.09 bits per heavy atom. The van der Waals surface area contributed by atoms with Crippen molar-refractivity contribution in [3.05, 3.63) is 66.2 Å². The van der Waals surface area contributed by atoms with E-state index in [2.05, 4.69) is 36.8 Å². The number of likely N-dealkylation sites (tertiary alicyclic amines) is 1. The number of aromatic nitrogens is 2. The lowest BCUT2D eigenvalue weighted by Crippen LogP contribution is -2.44. The molecule has 1 saturated heterocycles. The normalized spacial score (nSPS) is 16.9. The lowest BCUT2D eigenvalue weighted by atomic mass is 9.96. The lowest BCUT2D eigenvalue weighted by molar-refractivity contribution is -0.126. The molecular weight excluding hydrogens is 593 g/mol. The summed E-state index contributed by atoms with van der Waals surface area (Å²) < 4.78 is 21.7. The third-order valence-electron chi connectivity index (χ3n) is 7.92. The SMILES string of the molecule is CN(C)CCNC(=O)[C@@H]1CCCN(Cc2ccc(-c3cc4nccc(Oc5ccc(NC(=O)NC6CC6)cc5F)c4s3)nc2)C1. The van der Waals surface area contributed by atoms with Crippen LogP contribution in [0.4, 0.5) is 14.9 Å². The van der Waals surface area contributed by atoms with Crippen LogP contribution < -0.4 is 20.7 Å². The number of amides is 3. The number of hydrogen-bond donors (Lipinski definition) is 3. The molecule has 236 valence electrons. The molecule has 6 rings (SSSR count). The summed E-state index contributed by atoms with van der Waals surface area (Å²) >= 11 is 1.48. The van der Waals surface area contributed by atoms with Gasteiger partial charge in [0.15, 0.2) is 11.6 Å². The lowest BCUT2D eigenvalue weighted by Gasteiger charge is -2.32. The maximum absolute atomic E-state index is 14.9. The molecule has 1 aliphatic heterocycles. The molecule has 45 heavy (non-hydrogen) atoms. The van der Waals surface area contributed by atoms with E-state index >= 15 is 0 Å². The van der Waals surface area contributed by atoms with E-state index in [-0.39, 0.29) is 29.6 Å². The third-order valence-corrected chi connectivity index (χ3v) is 9.08. The van der Waals surface area contributed by atoms with Crippen LogP contribution in [0.15, 0.2) is 54.9 Å². The van der Waals surface area contributed by atoms with Gasteiger partial charge in [0.05, 0.1) is 26.7 Å². The standard InChI is InChI=1S/C33H38FN7O3S/c1-40(2)15-13-36-32(42)22-4-3-14-41(20-22)19-21-5-9-26(37-18-21)30-17-27-31(45-30)29(11-12-35-27)44-28-10-8-24(16-25(28)34)39-33(43)38-23-6-7-23/h5,8-12,16-18,22-23H,3-4,6-7,13-15,19-20H2,1-2H3,(H,36,42)(H2,38,39,43)/t22-/m1/s1. The van der Waals surface area contributed by atoms with E-state index in [9.17, 15) is 14.0 Å². The van der Waals surface area contributed by atoms with Crippen molar-refractivity contribution in [2.75, 3.05) is 45.6 Å². The van der Waals surface area contributed by atoms with E-state index < -0.39 is 5.82 Å². The van der Waals surface area contributed by atoms with E-state index in [1.165, 1.54) is 23.5 Å². The molecule has 0 radical (unpaired) electrons. The maximum Gasteiger partial charge on any atom is 0.319 e. The first-order valence-corrected chi connectivity index (χ1v) is 16.2. The number of likely N-dealkylation sites (N-methyl/N-ethyl adjacent to an activating group) is 1. The first-order valence-electron chi connectivity index (χ1n) is 15.3. The molecule has 3 amide bonds. The molecule has 3 N–H and O–H groups in total.